The number of rotatable bonds is 4. The average Bonchev–Trinajstić information content (AvgIpc) is 3.10. The first-order valence-electron chi connectivity index (χ1n) is 7.63. The number of hydrogen-bond donors (Lipinski definition) is 0. The summed E-state index contributed by atoms with van der Waals surface area (Å²) in [4.78, 5) is 5.14. The molecule has 2 saturated heterocycles. The van der Waals surface area contributed by atoms with Crippen LogP contribution < -0.4 is 0 Å². The third-order valence-electron chi connectivity index (χ3n) is 4.31. The van der Waals surface area contributed by atoms with Crippen LogP contribution in [-0.2, 0) is 13.0 Å². The number of nitrogens with zero attached hydrogens (tertiary/aromatic N) is 4. The second-order valence-electron chi connectivity index (χ2n) is 5.72. The van der Waals surface area contributed by atoms with Gasteiger partial charge in [0, 0.05) is 19.0 Å². The Bertz CT molecular complexity index is 400. The highest BCUT2D eigenvalue weighted by atomic mass is 16.4. The number of piperidine rings is 1. The first-order chi connectivity index (χ1) is 9.35. The highest BCUT2D eigenvalue weighted by molar-refractivity contribution is 4.87. The topological polar surface area (TPSA) is 45.4 Å². The van der Waals surface area contributed by atoms with Crippen molar-refractivity contribution in [2.75, 3.05) is 26.2 Å². The number of likely N-dealkylation sites (tertiary alicyclic amines) is 2. The Morgan fingerprint density at radius 2 is 1.89 bits per heavy atom. The zero-order chi connectivity index (χ0) is 13.1. The van der Waals surface area contributed by atoms with E-state index in [0.29, 0.717) is 0 Å². The molecule has 0 amide bonds. The van der Waals surface area contributed by atoms with Crippen LogP contribution in [0.4, 0.5) is 0 Å². The zero-order valence-corrected chi connectivity index (χ0v) is 11.8. The fraction of sp³-hybridized carbons (Fsp3) is 0.857. The van der Waals surface area contributed by atoms with Gasteiger partial charge in [0.05, 0.1) is 6.54 Å². The molecule has 0 bridgehead atoms. The predicted molar refractivity (Wildman–Crippen MR) is 72.8 cm³/mol. The van der Waals surface area contributed by atoms with Crippen LogP contribution in [0.2, 0.25) is 0 Å². The largest absolute Gasteiger partial charge is 0.424 e. The minimum absolute atomic E-state index is 0.741. The Kier molecular flexibility index (Phi) is 4.13. The molecule has 0 aromatic carbocycles. The van der Waals surface area contributed by atoms with E-state index in [1.54, 1.807) is 0 Å². The van der Waals surface area contributed by atoms with E-state index in [1.807, 2.05) is 6.92 Å². The summed E-state index contributed by atoms with van der Waals surface area (Å²) in [5, 5.41) is 8.17. The predicted octanol–water partition coefficient (Wildman–Crippen LogP) is 1.69. The van der Waals surface area contributed by atoms with Gasteiger partial charge in [-0.3, -0.25) is 9.80 Å². The summed E-state index contributed by atoms with van der Waals surface area (Å²) < 4.78 is 5.62. The van der Waals surface area contributed by atoms with E-state index < -0.39 is 0 Å². The van der Waals surface area contributed by atoms with E-state index in [9.17, 15) is 0 Å². The fourth-order valence-corrected chi connectivity index (χ4v) is 3.27. The molecule has 2 aliphatic heterocycles. The molecule has 5 heteroatoms. The Morgan fingerprint density at radius 3 is 2.63 bits per heavy atom. The maximum atomic E-state index is 5.62. The van der Waals surface area contributed by atoms with Crippen molar-refractivity contribution >= 4 is 0 Å². The summed E-state index contributed by atoms with van der Waals surface area (Å²) in [7, 11) is 0. The molecule has 1 unspecified atom stereocenters. The molecular weight excluding hydrogens is 240 g/mol. The average molecular weight is 264 g/mol. The fourth-order valence-electron chi connectivity index (χ4n) is 3.27. The lowest BCUT2D eigenvalue weighted by molar-refractivity contribution is 0.104. The van der Waals surface area contributed by atoms with Crippen molar-refractivity contribution in [3.8, 4) is 0 Å². The molecular formula is C14H24N4O. The van der Waals surface area contributed by atoms with Gasteiger partial charge in [0.2, 0.25) is 11.8 Å². The van der Waals surface area contributed by atoms with Gasteiger partial charge in [0.1, 0.15) is 0 Å². The Balaban J connectivity index is 1.55. The second kappa shape index (κ2) is 6.01. The zero-order valence-electron chi connectivity index (χ0n) is 11.8. The van der Waals surface area contributed by atoms with Gasteiger partial charge in [-0.05, 0) is 45.3 Å². The smallest absolute Gasteiger partial charge is 0.230 e. The molecule has 2 aliphatic rings. The molecule has 3 heterocycles. The molecule has 1 atom stereocenters. The molecule has 0 radical (unpaired) electrons. The molecule has 0 saturated carbocycles. The van der Waals surface area contributed by atoms with Gasteiger partial charge in [0.25, 0.3) is 0 Å². The molecule has 3 rings (SSSR count). The first kappa shape index (κ1) is 13.1. The van der Waals surface area contributed by atoms with Gasteiger partial charge in [0.15, 0.2) is 0 Å². The lowest BCUT2D eigenvalue weighted by Gasteiger charge is -2.36. The molecule has 0 N–H and O–H groups in total. The lowest BCUT2D eigenvalue weighted by Crippen LogP contribution is -2.46. The maximum Gasteiger partial charge on any atom is 0.230 e. The van der Waals surface area contributed by atoms with E-state index in [-0.39, 0.29) is 0 Å². The molecule has 1 aromatic heterocycles. The van der Waals surface area contributed by atoms with Crippen LogP contribution in [0.3, 0.4) is 0 Å². The first-order valence-corrected chi connectivity index (χ1v) is 7.63. The number of aromatic nitrogens is 2. The van der Waals surface area contributed by atoms with Crippen LogP contribution in [0.5, 0.6) is 0 Å². The summed E-state index contributed by atoms with van der Waals surface area (Å²) in [5.74, 6) is 1.53. The van der Waals surface area contributed by atoms with Gasteiger partial charge < -0.3 is 4.42 Å². The van der Waals surface area contributed by atoms with E-state index in [4.69, 9.17) is 4.42 Å². The molecule has 0 spiro atoms. The lowest BCUT2D eigenvalue weighted by atomic mass is 10.0. The van der Waals surface area contributed by atoms with Crippen molar-refractivity contribution in [1.29, 1.82) is 0 Å². The van der Waals surface area contributed by atoms with E-state index in [0.717, 1.165) is 43.9 Å². The second-order valence-corrected chi connectivity index (χ2v) is 5.72. The Morgan fingerprint density at radius 1 is 1.11 bits per heavy atom. The Hall–Kier alpha value is -0.940. The van der Waals surface area contributed by atoms with Crippen molar-refractivity contribution in [3.63, 3.8) is 0 Å². The van der Waals surface area contributed by atoms with E-state index in [1.165, 1.54) is 38.8 Å². The minimum atomic E-state index is 0.741. The van der Waals surface area contributed by atoms with Gasteiger partial charge in [-0.15, -0.1) is 10.2 Å². The van der Waals surface area contributed by atoms with Crippen molar-refractivity contribution in [2.45, 2.75) is 51.6 Å². The van der Waals surface area contributed by atoms with Crippen LogP contribution in [0.25, 0.3) is 0 Å². The van der Waals surface area contributed by atoms with Crippen molar-refractivity contribution in [2.24, 2.45) is 0 Å². The highest BCUT2D eigenvalue weighted by Gasteiger charge is 2.27. The molecule has 1 aromatic rings. The molecule has 2 fully saturated rings. The van der Waals surface area contributed by atoms with Gasteiger partial charge >= 0.3 is 0 Å². The molecule has 19 heavy (non-hydrogen) atoms. The number of aryl methyl sites for hydroxylation is 1. The summed E-state index contributed by atoms with van der Waals surface area (Å²) in [6.45, 7) is 7.76. The van der Waals surface area contributed by atoms with Crippen molar-refractivity contribution in [3.05, 3.63) is 11.8 Å². The monoisotopic (exact) mass is 264 g/mol. The van der Waals surface area contributed by atoms with Gasteiger partial charge in [-0.25, -0.2) is 0 Å². The Labute approximate surface area is 115 Å². The quantitative estimate of drug-likeness (QED) is 0.828. The maximum absolute atomic E-state index is 5.62. The summed E-state index contributed by atoms with van der Waals surface area (Å²) >= 11 is 0. The van der Waals surface area contributed by atoms with Crippen molar-refractivity contribution in [1.82, 2.24) is 20.0 Å². The highest BCUT2D eigenvalue weighted by Crippen LogP contribution is 2.21. The van der Waals surface area contributed by atoms with Gasteiger partial charge in [-0.1, -0.05) is 6.92 Å². The van der Waals surface area contributed by atoms with Crippen LogP contribution in [0.15, 0.2) is 4.42 Å². The van der Waals surface area contributed by atoms with Gasteiger partial charge in [-0.2, -0.15) is 0 Å². The van der Waals surface area contributed by atoms with Crippen molar-refractivity contribution < 1.29 is 4.42 Å². The number of hydrogen-bond acceptors (Lipinski definition) is 5. The third kappa shape index (κ3) is 3.15. The van der Waals surface area contributed by atoms with E-state index >= 15 is 0 Å². The summed E-state index contributed by atoms with van der Waals surface area (Å²) in [6.07, 6.45) is 6.21. The van der Waals surface area contributed by atoms with Crippen LogP contribution in [-0.4, -0.2) is 52.2 Å². The minimum Gasteiger partial charge on any atom is -0.424 e. The summed E-state index contributed by atoms with van der Waals surface area (Å²) in [5.41, 5.74) is 0. The van der Waals surface area contributed by atoms with Crippen LogP contribution in [0.1, 0.15) is 44.4 Å². The SMILES string of the molecule is CCc1nnc(CN2CCCC(N3CCCC3)C2)o1. The third-order valence-corrected chi connectivity index (χ3v) is 4.31. The van der Waals surface area contributed by atoms with E-state index in [2.05, 4.69) is 20.0 Å². The van der Waals surface area contributed by atoms with Crippen LogP contribution in [0, 0.1) is 0 Å². The molecule has 106 valence electrons. The summed E-state index contributed by atoms with van der Waals surface area (Å²) in [6, 6.07) is 0.741. The standard InChI is InChI=1S/C14H24N4O/c1-2-13-15-16-14(19-13)11-17-7-5-6-12(10-17)18-8-3-4-9-18/h12H,2-11H2,1H3. The molecule has 5 nitrogen and oxygen atoms in total. The molecule has 0 aliphatic carbocycles. The van der Waals surface area contributed by atoms with Crippen LogP contribution >= 0.6 is 0 Å². The normalized spacial score (nSPS) is 26.1.